The lowest BCUT2D eigenvalue weighted by Gasteiger charge is -2.17. The minimum absolute atomic E-state index is 0.153. The first kappa shape index (κ1) is 37.6. The van der Waals surface area contributed by atoms with Gasteiger partial charge in [-0.2, -0.15) is 0 Å². The van der Waals surface area contributed by atoms with Crippen LogP contribution in [0.4, 0.5) is 14.6 Å². The van der Waals surface area contributed by atoms with Crippen molar-refractivity contribution < 1.29 is 27.5 Å². The highest BCUT2D eigenvalue weighted by molar-refractivity contribution is 7.22. The molecule has 5 heterocycles. The van der Waals surface area contributed by atoms with Crippen LogP contribution in [0.3, 0.4) is 0 Å². The van der Waals surface area contributed by atoms with Crippen LogP contribution in [0.5, 0.6) is 11.5 Å². The molecule has 14 heteroatoms. The zero-order chi connectivity index (χ0) is 38.0. The molecule has 4 aromatic heterocycles. The molecule has 0 radical (unpaired) electrons. The van der Waals surface area contributed by atoms with Crippen LogP contribution in [0.25, 0.3) is 32.0 Å². The molecule has 1 aliphatic heterocycles. The maximum Gasteiger partial charge on any atom is 0.256 e. The lowest BCUT2D eigenvalue weighted by Crippen LogP contribution is -2.19. The SMILES string of the molecule is COc1cccc2c1CC(F)(F)C2.Cc1nnc(-c2c(C)nc(CC(C)C)c(C(N)=O)c2-c2cc3ccnc(N)c3s2)o1.Clc1ccc2c(c1)OCC2. The van der Waals surface area contributed by atoms with Gasteiger partial charge in [0, 0.05) is 53.4 Å². The highest BCUT2D eigenvalue weighted by atomic mass is 35.5. The first-order valence-electron chi connectivity index (χ1n) is 17.0. The molecule has 4 N–H and O–H groups in total. The Kier molecular flexibility index (Phi) is 11.0. The van der Waals surface area contributed by atoms with Crippen molar-refractivity contribution in [1.29, 1.82) is 0 Å². The van der Waals surface area contributed by atoms with Gasteiger partial charge in [0.05, 0.1) is 40.9 Å². The van der Waals surface area contributed by atoms with Gasteiger partial charge in [0.25, 0.3) is 11.8 Å². The maximum absolute atomic E-state index is 13.0. The van der Waals surface area contributed by atoms with Crippen LogP contribution < -0.4 is 20.9 Å². The number of pyridine rings is 2. The molecule has 0 fully saturated rings. The second-order valence-electron chi connectivity index (χ2n) is 13.2. The Morgan fingerprint density at radius 1 is 1.08 bits per heavy atom. The van der Waals surface area contributed by atoms with Gasteiger partial charge in [0.15, 0.2) is 0 Å². The molecule has 0 unspecified atom stereocenters. The number of amides is 1. The first-order chi connectivity index (χ1) is 25.2. The number of nitrogens with two attached hydrogens (primary N) is 2. The first-order valence-corrected chi connectivity index (χ1v) is 18.2. The van der Waals surface area contributed by atoms with Crippen LogP contribution >= 0.6 is 22.9 Å². The number of alkyl halides is 2. The third-order valence-corrected chi connectivity index (χ3v) is 10.2. The van der Waals surface area contributed by atoms with Crippen molar-refractivity contribution >= 4 is 44.7 Å². The van der Waals surface area contributed by atoms with Crippen molar-refractivity contribution in [3.63, 3.8) is 0 Å². The van der Waals surface area contributed by atoms with E-state index in [0.29, 0.717) is 74.9 Å². The van der Waals surface area contributed by atoms with E-state index in [-0.39, 0.29) is 12.8 Å². The fourth-order valence-corrected chi connectivity index (χ4v) is 7.76. The summed E-state index contributed by atoms with van der Waals surface area (Å²) in [4.78, 5) is 22.4. The molecular formula is C39H39ClF2N6O4S. The van der Waals surface area contributed by atoms with Gasteiger partial charge in [0.2, 0.25) is 11.8 Å². The summed E-state index contributed by atoms with van der Waals surface area (Å²) < 4.78 is 42.9. The van der Waals surface area contributed by atoms with Gasteiger partial charge < -0.3 is 25.4 Å². The molecule has 0 atom stereocenters. The van der Waals surface area contributed by atoms with E-state index < -0.39 is 11.8 Å². The van der Waals surface area contributed by atoms with Gasteiger partial charge in [-0.15, -0.1) is 21.5 Å². The summed E-state index contributed by atoms with van der Waals surface area (Å²) in [7, 11) is 1.51. The summed E-state index contributed by atoms with van der Waals surface area (Å²) >= 11 is 7.19. The van der Waals surface area contributed by atoms with Crippen LogP contribution in [0, 0.1) is 19.8 Å². The molecule has 53 heavy (non-hydrogen) atoms. The number of nitrogens with zero attached hydrogens (tertiary/aromatic N) is 4. The number of rotatable bonds is 6. The number of nitrogen functional groups attached to an aromatic ring is 1. The zero-order valence-electron chi connectivity index (χ0n) is 29.9. The molecule has 6 aromatic rings. The summed E-state index contributed by atoms with van der Waals surface area (Å²) in [6, 6.07) is 14.8. The minimum atomic E-state index is -2.59. The standard InChI is InChI=1S/C21H22N6O2S.C10H10F2O.C8H7ClO/c1-9(2)7-13-16(20(23)28)17(14-8-12-5-6-24-19(22)18(12)30-14)15(10(3)25-13)21-27-26-11(4)29-21;1-13-9-4-2-3-7-5-10(11,12)6-8(7)9;9-7-2-1-6-3-4-10-8(6)5-7/h5-6,8-9H,7H2,1-4H3,(H2,22,24)(H2,23,28);2-4H,5-6H2,1H3;1-2,5H,3-4H2. The number of hydrogen-bond acceptors (Lipinski definition) is 10. The van der Waals surface area contributed by atoms with Gasteiger partial charge in [-0.25, -0.2) is 13.8 Å². The van der Waals surface area contributed by atoms with Gasteiger partial charge in [-0.3, -0.25) is 9.78 Å². The molecule has 1 amide bonds. The van der Waals surface area contributed by atoms with Crippen LogP contribution in [-0.4, -0.2) is 45.7 Å². The van der Waals surface area contributed by atoms with Gasteiger partial charge in [-0.05, 0) is 66.1 Å². The Bertz CT molecular complexity index is 2310. The van der Waals surface area contributed by atoms with Crippen LogP contribution in [0.1, 0.15) is 58.2 Å². The number of carbonyl (C=O) groups is 1. The third-order valence-electron chi connectivity index (χ3n) is 8.74. The molecule has 0 spiro atoms. The average Bonchev–Trinajstić information content (AvgIpc) is 3.89. The number of aromatic nitrogens is 4. The number of anilines is 1. The molecule has 1 aliphatic carbocycles. The van der Waals surface area contributed by atoms with Crippen molar-refractivity contribution in [3.8, 4) is 33.4 Å². The van der Waals surface area contributed by atoms with E-state index in [1.54, 1.807) is 31.3 Å². The minimum Gasteiger partial charge on any atom is -0.496 e. The molecule has 0 saturated heterocycles. The predicted molar refractivity (Wildman–Crippen MR) is 203 cm³/mol. The Balaban J connectivity index is 0.000000169. The predicted octanol–water partition coefficient (Wildman–Crippen LogP) is 8.61. The van der Waals surface area contributed by atoms with Crippen molar-refractivity contribution in [2.24, 2.45) is 11.7 Å². The molecule has 2 aromatic carbocycles. The summed E-state index contributed by atoms with van der Waals surface area (Å²) in [6.45, 7) is 8.53. The highest BCUT2D eigenvalue weighted by Gasteiger charge is 2.38. The summed E-state index contributed by atoms with van der Waals surface area (Å²) in [6.07, 6.45) is 2.95. The number of primary amides is 1. The number of benzene rings is 2. The normalized spacial score (nSPS) is 13.8. The number of fused-ring (bicyclic) bond motifs is 3. The fraction of sp³-hybridized carbons (Fsp3) is 0.308. The third kappa shape index (κ3) is 8.26. The van der Waals surface area contributed by atoms with Crippen molar-refractivity contribution in [1.82, 2.24) is 20.2 Å². The molecule has 276 valence electrons. The highest BCUT2D eigenvalue weighted by Crippen LogP contribution is 2.44. The van der Waals surface area contributed by atoms with E-state index in [2.05, 4.69) is 29.0 Å². The van der Waals surface area contributed by atoms with E-state index >= 15 is 0 Å². The summed E-state index contributed by atoms with van der Waals surface area (Å²) in [5.74, 6) is -0.149. The van der Waals surface area contributed by atoms with Crippen LogP contribution in [-0.2, 0) is 25.7 Å². The lowest BCUT2D eigenvalue weighted by molar-refractivity contribution is 0.0127. The zero-order valence-corrected chi connectivity index (χ0v) is 31.5. The van der Waals surface area contributed by atoms with E-state index in [4.69, 9.17) is 41.9 Å². The largest absolute Gasteiger partial charge is 0.496 e. The molecule has 10 nitrogen and oxygen atoms in total. The summed E-state index contributed by atoms with van der Waals surface area (Å²) in [5, 5.41) is 9.82. The molecule has 0 saturated carbocycles. The monoisotopic (exact) mass is 760 g/mol. The number of thiophene rings is 1. The number of methoxy groups -OCH3 is 1. The molecule has 8 rings (SSSR count). The number of halogens is 3. The quantitative estimate of drug-likeness (QED) is 0.170. The fourth-order valence-electron chi connectivity index (χ4n) is 6.49. The van der Waals surface area contributed by atoms with E-state index in [0.717, 1.165) is 38.8 Å². The average molecular weight is 761 g/mol. The Labute approximate surface area is 314 Å². The second-order valence-corrected chi connectivity index (χ2v) is 14.7. The number of carbonyl (C=O) groups excluding carboxylic acids is 1. The Hall–Kier alpha value is -5.14. The number of ether oxygens (including phenoxy) is 2. The lowest BCUT2D eigenvalue weighted by atomic mass is 9.93. The van der Waals surface area contributed by atoms with Gasteiger partial charge in [0.1, 0.15) is 17.3 Å². The van der Waals surface area contributed by atoms with Gasteiger partial charge >= 0.3 is 0 Å². The number of hydrogen-bond donors (Lipinski definition) is 2. The van der Waals surface area contributed by atoms with E-state index in [1.165, 1.54) is 24.0 Å². The second kappa shape index (κ2) is 15.5. The van der Waals surface area contributed by atoms with E-state index in [1.807, 2.05) is 37.3 Å². The summed E-state index contributed by atoms with van der Waals surface area (Å²) in [5.41, 5.74) is 17.6. The Morgan fingerprint density at radius 2 is 1.87 bits per heavy atom. The smallest absolute Gasteiger partial charge is 0.256 e. The van der Waals surface area contributed by atoms with E-state index in [9.17, 15) is 13.6 Å². The maximum atomic E-state index is 13.0. The van der Waals surface area contributed by atoms with Crippen LogP contribution in [0.15, 0.2) is 59.1 Å². The van der Waals surface area contributed by atoms with Crippen molar-refractivity contribution in [3.05, 3.63) is 99.3 Å². The van der Waals surface area contributed by atoms with Crippen LogP contribution in [0.2, 0.25) is 5.02 Å². The Morgan fingerprint density at radius 3 is 2.55 bits per heavy atom. The van der Waals surface area contributed by atoms with Crippen molar-refractivity contribution in [2.75, 3.05) is 19.5 Å². The van der Waals surface area contributed by atoms with Crippen molar-refractivity contribution in [2.45, 2.75) is 59.3 Å². The molecule has 0 bridgehead atoms. The topological polar surface area (TPSA) is 152 Å². The van der Waals surface area contributed by atoms with Gasteiger partial charge in [-0.1, -0.05) is 43.6 Å². The molecular weight excluding hydrogens is 722 g/mol. The molecule has 2 aliphatic rings. The number of aryl methyl sites for hydroxylation is 2.